The predicted octanol–water partition coefficient (Wildman–Crippen LogP) is 2.86. The van der Waals surface area contributed by atoms with Gasteiger partial charge in [-0.15, -0.1) is 0 Å². The van der Waals surface area contributed by atoms with Crippen molar-refractivity contribution < 1.29 is 4.21 Å². The first-order valence-corrected chi connectivity index (χ1v) is 9.06. The number of nitrogens with two attached hydrogens (primary N) is 1. The van der Waals surface area contributed by atoms with Crippen LogP contribution in [0.3, 0.4) is 0 Å². The van der Waals surface area contributed by atoms with Crippen molar-refractivity contribution in [2.24, 2.45) is 5.14 Å². The summed E-state index contributed by atoms with van der Waals surface area (Å²) in [4.78, 5) is 9.22. The Morgan fingerprint density at radius 1 is 1.00 bits per heavy atom. The molecule has 6 nitrogen and oxygen atoms in total. The second-order valence-electron chi connectivity index (χ2n) is 5.37. The maximum absolute atomic E-state index is 11.2. The van der Waals surface area contributed by atoms with E-state index in [0.29, 0.717) is 10.8 Å². The Labute approximate surface area is 149 Å². The molecule has 0 aliphatic rings. The zero-order valence-electron chi connectivity index (χ0n) is 13.6. The lowest BCUT2D eigenvalue weighted by Crippen LogP contribution is -2.07. The summed E-state index contributed by atoms with van der Waals surface area (Å²) in [5.74, 6) is 1.25. The monoisotopic (exact) mass is 353 g/mol. The topological polar surface area (TPSA) is 92.9 Å². The maximum Gasteiger partial charge on any atom is 0.229 e. The van der Waals surface area contributed by atoms with E-state index in [4.69, 9.17) is 5.14 Å². The quantitative estimate of drug-likeness (QED) is 0.607. The van der Waals surface area contributed by atoms with E-state index in [1.54, 1.807) is 30.5 Å². The molecule has 0 fully saturated rings. The van der Waals surface area contributed by atoms with Crippen molar-refractivity contribution in [3.8, 4) is 0 Å². The van der Waals surface area contributed by atoms with Crippen molar-refractivity contribution in [1.82, 2.24) is 9.97 Å². The van der Waals surface area contributed by atoms with Crippen LogP contribution in [0, 0.1) is 0 Å². The molecule has 1 heterocycles. The van der Waals surface area contributed by atoms with E-state index in [-0.39, 0.29) is 0 Å². The highest BCUT2D eigenvalue weighted by Gasteiger charge is 2.02. The van der Waals surface area contributed by atoms with Gasteiger partial charge in [-0.2, -0.15) is 4.98 Å². The Morgan fingerprint density at radius 2 is 1.76 bits per heavy atom. The summed E-state index contributed by atoms with van der Waals surface area (Å²) < 4.78 is 11.2. The molecule has 25 heavy (non-hydrogen) atoms. The number of rotatable bonds is 7. The van der Waals surface area contributed by atoms with E-state index >= 15 is 0 Å². The zero-order chi connectivity index (χ0) is 17.5. The van der Waals surface area contributed by atoms with Crippen LogP contribution in [0.4, 0.5) is 17.5 Å². The average Bonchev–Trinajstić information content (AvgIpc) is 2.63. The summed E-state index contributed by atoms with van der Waals surface area (Å²) in [7, 11) is -1.48. The van der Waals surface area contributed by atoms with Crippen LogP contribution in [0.5, 0.6) is 0 Å². The molecule has 1 aromatic heterocycles. The van der Waals surface area contributed by atoms with Crippen molar-refractivity contribution >= 4 is 28.4 Å². The Kier molecular flexibility index (Phi) is 5.71. The molecular formula is C18H19N5OS. The van der Waals surface area contributed by atoms with Gasteiger partial charge in [0, 0.05) is 18.4 Å². The predicted molar refractivity (Wildman–Crippen MR) is 101 cm³/mol. The summed E-state index contributed by atoms with van der Waals surface area (Å²) in [6.45, 7) is 0.789. The first-order valence-electron chi connectivity index (χ1n) is 7.85. The molecule has 0 spiro atoms. The van der Waals surface area contributed by atoms with Crippen LogP contribution in [0.1, 0.15) is 5.56 Å². The van der Waals surface area contributed by atoms with Gasteiger partial charge in [-0.05, 0) is 42.3 Å². The maximum atomic E-state index is 11.2. The number of nitrogens with one attached hydrogen (secondary N) is 2. The van der Waals surface area contributed by atoms with Gasteiger partial charge in [-0.25, -0.2) is 14.3 Å². The fraction of sp³-hybridized carbons (Fsp3) is 0.111. The molecule has 3 rings (SSSR count). The molecule has 1 atom stereocenters. The summed E-state index contributed by atoms with van der Waals surface area (Å²) in [5.41, 5.74) is 2.08. The van der Waals surface area contributed by atoms with Gasteiger partial charge in [0.05, 0.1) is 4.90 Å². The molecular weight excluding hydrogens is 334 g/mol. The van der Waals surface area contributed by atoms with Crippen LogP contribution in [0.15, 0.2) is 71.8 Å². The van der Waals surface area contributed by atoms with Gasteiger partial charge < -0.3 is 10.6 Å². The number of anilines is 3. The lowest BCUT2D eigenvalue weighted by atomic mass is 10.1. The molecule has 0 aliphatic heterocycles. The minimum absolute atomic E-state index is 0.492. The van der Waals surface area contributed by atoms with E-state index in [9.17, 15) is 4.21 Å². The third kappa shape index (κ3) is 5.10. The van der Waals surface area contributed by atoms with Gasteiger partial charge >= 0.3 is 0 Å². The Balaban J connectivity index is 1.58. The van der Waals surface area contributed by atoms with Gasteiger partial charge in [0.2, 0.25) is 5.95 Å². The average molecular weight is 353 g/mol. The van der Waals surface area contributed by atoms with Crippen molar-refractivity contribution in [3.63, 3.8) is 0 Å². The molecule has 0 saturated carbocycles. The van der Waals surface area contributed by atoms with Crippen molar-refractivity contribution in [1.29, 1.82) is 0 Å². The van der Waals surface area contributed by atoms with Gasteiger partial charge in [-0.3, -0.25) is 0 Å². The number of benzene rings is 2. The van der Waals surface area contributed by atoms with E-state index in [0.717, 1.165) is 24.5 Å². The second-order valence-corrected chi connectivity index (χ2v) is 6.44. The van der Waals surface area contributed by atoms with Crippen LogP contribution in [0.2, 0.25) is 0 Å². The van der Waals surface area contributed by atoms with E-state index in [2.05, 4.69) is 32.7 Å². The minimum atomic E-state index is -1.48. The molecule has 0 radical (unpaired) electrons. The second kappa shape index (κ2) is 8.36. The first kappa shape index (κ1) is 17.1. The van der Waals surface area contributed by atoms with Gasteiger partial charge in [-0.1, -0.05) is 30.3 Å². The lowest BCUT2D eigenvalue weighted by Gasteiger charge is -2.09. The molecule has 0 saturated heterocycles. The Morgan fingerprint density at radius 3 is 2.48 bits per heavy atom. The normalized spacial score (nSPS) is 11.7. The number of hydrogen-bond donors (Lipinski definition) is 3. The van der Waals surface area contributed by atoms with Crippen LogP contribution in [0.25, 0.3) is 0 Å². The standard InChI is InChI=1S/C18H19N5OS/c19-25(24)16-8-6-15(7-9-16)22-18-21-13-11-17(23-18)20-12-10-14-4-2-1-3-5-14/h1-9,11,13H,10,12,19H2,(H2,20,21,22,23). The van der Waals surface area contributed by atoms with Crippen molar-refractivity contribution in [3.05, 3.63) is 72.4 Å². The largest absolute Gasteiger partial charge is 0.370 e. The van der Waals surface area contributed by atoms with Crippen LogP contribution in [-0.4, -0.2) is 20.7 Å². The molecule has 0 aliphatic carbocycles. The fourth-order valence-electron chi connectivity index (χ4n) is 2.30. The van der Waals surface area contributed by atoms with Crippen molar-refractivity contribution in [2.75, 3.05) is 17.2 Å². The SMILES string of the molecule is NS(=O)c1ccc(Nc2nccc(NCCc3ccccc3)n2)cc1. The molecule has 128 valence electrons. The first-order chi connectivity index (χ1) is 12.2. The highest BCUT2D eigenvalue weighted by atomic mass is 32.2. The number of aromatic nitrogens is 2. The van der Waals surface area contributed by atoms with E-state index in [1.165, 1.54) is 5.56 Å². The fourth-order valence-corrected chi connectivity index (χ4v) is 2.70. The smallest absolute Gasteiger partial charge is 0.229 e. The lowest BCUT2D eigenvalue weighted by molar-refractivity contribution is 0.684. The summed E-state index contributed by atoms with van der Waals surface area (Å²) in [6, 6.07) is 19.1. The summed E-state index contributed by atoms with van der Waals surface area (Å²) in [5, 5.41) is 11.8. The summed E-state index contributed by atoms with van der Waals surface area (Å²) in [6.07, 6.45) is 2.62. The van der Waals surface area contributed by atoms with Crippen LogP contribution >= 0.6 is 0 Å². The molecule has 2 aromatic carbocycles. The van der Waals surface area contributed by atoms with Crippen LogP contribution in [-0.2, 0) is 17.4 Å². The minimum Gasteiger partial charge on any atom is -0.370 e. The highest BCUT2D eigenvalue weighted by Crippen LogP contribution is 2.16. The highest BCUT2D eigenvalue weighted by molar-refractivity contribution is 7.82. The van der Waals surface area contributed by atoms with Gasteiger partial charge in [0.25, 0.3) is 0 Å². The summed E-state index contributed by atoms with van der Waals surface area (Å²) >= 11 is 0. The van der Waals surface area contributed by atoms with Crippen LogP contribution < -0.4 is 15.8 Å². The van der Waals surface area contributed by atoms with Gasteiger partial charge in [0.15, 0.2) is 0 Å². The molecule has 0 bridgehead atoms. The zero-order valence-corrected chi connectivity index (χ0v) is 14.4. The molecule has 0 amide bonds. The molecule has 3 aromatic rings. The molecule has 4 N–H and O–H groups in total. The number of nitrogens with zero attached hydrogens (tertiary/aromatic N) is 2. The third-order valence-electron chi connectivity index (χ3n) is 3.56. The Hall–Kier alpha value is -2.77. The molecule has 1 unspecified atom stereocenters. The van der Waals surface area contributed by atoms with Crippen molar-refractivity contribution in [2.45, 2.75) is 11.3 Å². The Bertz CT molecular complexity index is 840. The third-order valence-corrected chi connectivity index (χ3v) is 4.30. The molecule has 7 heteroatoms. The number of hydrogen-bond acceptors (Lipinski definition) is 5. The van der Waals surface area contributed by atoms with Gasteiger partial charge in [0.1, 0.15) is 16.8 Å². The van der Waals surface area contributed by atoms with E-state index in [1.807, 2.05) is 24.3 Å². The van der Waals surface area contributed by atoms with E-state index < -0.39 is 11.0 Å².